The highest BCUT2D eigenvalue weighted by Crippen LogP contribution is 2.22. The van der Waals surface area contributed by atoms with Gasteiger partial charge in [-0.25, -0.2) is 4.79 Å². The summed E-state index contributed by atoms with van der Waals surface area (Å²) in [4.78, 5) is 28.2. The van der Waals surface area contributed by atoms with Gasteiger partial charge in [-0.05, 0) is 12.5 Å². The summed E-state index contributed by atoms with van der Waals surface area (Å²) in [6.07, 6.45) is 0. The minimum absolute atomic E-state index is 0.0335. The van der Waals surface area contributed by atoms with Crippen LogP contribution in [0.2, 0.25) is 0 Å². The Morgan fingerprint density at radius 1 is 1.27 bits per heavy atom. The number of nitro benzene ring substituents is 1. The Labute approximate surface area is 130 Å². The summed E-state index contributed by atoms with van der Waals surface area (Å²) >= 11 is 0. The van der Waals surface area contributed by atoms with Gasteiger partial charge in [0.25, 0.3) is 5.69 Å². The van der Waals surface area contributed by atoms with Gasteiger partial charge in [0, 0.05) is 58.4 Å². The lowest BCUT2D eigenvalue weighted by Crippen LogP contribution is -2.51. The first-order valence-electron chi connectivity index (χ1n) is 7.31. The Morgan fingerprint density at radius 3 is 2.45 bits per heavy atom. The van der Waals surface area contributed by atoms with Gasteiger partial charge in [0.05, 0.1) is 4.92 Å². The van der Waals surface area contributed by atoms with Crippen molar-refractivity contribution in [2.45, 2.75) is 13.5 Å². The highest BCUT2D eigenvalue weighted by Gasteiger charge is 2.23. The topological polar surface area (TPSA) is 69.9 Å². The maximum Gasteiger partial charge on any atom is 0.319 e. The van der Waals surface area contributed by atoms with E-state index in [4.69, 9.17) is 0 Å². The monoisotopic (exact) mass is 306 g/mol. The molecule has 0 saturated carbocycles. The number of carbonyl (C=O) groups excluding carboxylic acids is 1. The van der Waals surface area contributed by atoms with Crippen molar-refractivity contribution in [1.29, 1.82) is 0 Å². The number of hydrogen-bond acceptors (Lipinski definition) is 4. The Bertz CT molecular complexity index is 566. The van der Waals surface area contributed by atoms with Crippen molar-refractivity contribution >= 4 is 11.7 Å². The van der Waals surface area contributed by atoms with E-state index in [1.54, 1.807) is 32.0 Å². The van der Waals surface area contributed by atoms with Gasteiger partial charge in [-0.3, -0.25) is 15.0 Å². The number of urea groups is 1. The van der Waals surface area contributed by atoms with Crippen molar-refractivity contribution in [3.63, 3.8) is 0 Å². The minimum atomic E-state index is -0.341. The van der Waals surface area contributed by atoms with Crippen LogP contribution < -0.4 is 0 Å². The molecule has 0 unspecified atom stereocenters. The molecule has 1 aliphatic heterocycles. The summed E-state index contributed by atoms with van der Waals surface area (Å²) in [6.45, 7) is 5.40. The molecule has 0 aromatic heterocycles. The molecule has 0 radical (unpaired) electrons. The number of nitro groups is 1. The van der Waals surface area contributed by atoms with E-state index in [0.29, 0.717) is 19.6 Å². The summed E-state index contributed by atoms with van der Waals surface area (Å²) in [6, 6.07) is 5.23. The molecular formula is C15H22N4O3. The molecule has 7 nitrogen and oxygen atoms in total. The molecule has 1 saturated heterocycles. The van der Waals surface area contributed by atoms with Crippen LogP contribution in [0.4, 0.5) is 10.5 Å². The first-order chi connectivity index (χ1) is 10.4. The Kier molecular flexibility index (Phi) is 4.97. The molecule has 0 spiro atoms. The number of piperazine rings is 1. The molecule has 0 bridgehead atoms. The highest BCUT2D eigenvalue weighted by atomic mass is 16.6. The zero-order valence-electron chi connectivity index (χ0n) is 13.3. The number of nitrogens with zero attached hydrogens (tertiary/aromatic N) is 4. The molecular weight excluding hydrogens is 284 g/mol. The van der Waals surface area contributed by atoms with Crippen molar-refractivity contribution < 1.29 is 9.72 Å². The van der Waals surface area contributed by atoms with E-state index in [2.05, 4.69) is 4.90 Å². The van der Waals surface area contributed by atoms with Crippen LogP contribution in [-0.2, 0) is 6.54 Å². The van der Waals surface area contributed by atoms with Crippen LogP contribution in [0.1, 0.15) is 11.1 Å². The molecule has 2 amide bonds. The molecule has 2 rings (SSSR count). The summed E-state index contributed by atoms with van der Waals surface area (Å²) in [5.74, 6) is 0. The molecule has 1 aromatic carbocycles. The van der Waals surface area contributed by atoms with Gasteiger partial charge in [0.1, 0.15) is 0 Å². The largest absolute Gasteiger partial charge is 0.331 e. The van der Waals surface area contributed by atoms with Gasteiger partial charge in [0.2, 0.25) is 0 Å². The van der Waals surface area contributed by atoms with Crippen molar-refractivity contribution in [3.05, 3.63) is 39.4 Å². The number of benzene rings is 1. The summed E-state index contributed by atoms with van der Waals surface area (Å²) in [5.41, 5.74) is 1.86. The van der Waals surface area contributed by atoms with Crippen molar-refractivity contribution in [2.24, 2.45) is 0 Å². The summed E-state index contributed by atoms with van der Waals surface area (Å²) in [7, 11) is 3.50. The Morgan fingerprint density at radius 2 is 1.91 bits per heavy atom. The number of amides is 2. The lowest BCUT2D eigenvalue weighted by molar-refractivity contribution is -0.385. The average molecular weight is 306 g/mol. The van der Waals surface area contributed by atoms with Crippen LogP contribution >= 0.6 is 0 Å². The number of hydrogen-bond donors (Lipinski definition) is 0. The van der Waals surface area contributed by atoms with E-state index >= 15 is 0 Å². The van der Waals surface area contributed by atoms with Gasteiger partial charge >= 0.3 is 6.03 Å². The standard InChI is InChI=1S/C15H22N4O3/c1-12-13(5-4-6-14(12)19(21)22)11-17-7-9-18(10-8-17)15(20)16(2)3/h4-6H,7-11H2,1-3H3. The third-order valence-corrected chi connectivity index (χ3v) is 4.03. The van der Waals surface area contributed by atoms with E-state index in [1.165, 1.54) is 6.07 Å². The SMILES string of the molecule is Cc1c(CN2CCN(C(=O)N(C)C)CC2)cccc1[N+](=O)[O-]. The van der Waals surface area contributed by atoms with Crippen LogP contribution in [-0.4, -0.2) is 65.9 Å². The first-order valence-corrected chi connectivity index (χ1v) is 7.31. The second-order valence-electron chi connectivity index (χ2n) is 5.76. The zero-order valence-corrected chi connectivity index (χ0v) is 13.3. The van der Waals surface area contributed by atoms with Crippen LogP contribution in [0.5, 0.6) is 0 Å². The Hall–Kier alpha value is -2.15. The molecule has 0 N–H and O–H groups in total. The van der Waals surface area contributed by atoms with E-state index in [1.807, 2.05) is 11.0 Å². The number of carbonyl (C=O) groups is 1. The second kappa shape index (κ2) is 6.74. The van der Waals surface area contributed by atoms with E-state index < -0.39 is 0 Å². The molecule has 1 aromatic rings. The minimum Gasteiger partial charge on any atom is -0.331 e. The maximum atomic E-state index is 11.9. The summed E-state index contributed by atoms with van der Waals surface area (Å²) in [5, 5.41) is 11.0. The van der Waals surface area contributed by atoms with Crippen LogP contribution in [0.3, 0.4) is 0 Å². The average Bonchev–Trinajstić information content (AvgIpc) is 2.49. The quantitative estimate of drug-likeness (QED) is 0.629. The van der Waals surface area contributed by atoms with Crippen molar-refractivity contribution in [1.82, 2.24) is 14.7 Å². The van der Waals surface area contributed by atoms with Gasteiger partial charge in [-0.2, -0.15) is 0 Å². The number of rotatable bonds is 3. The van der Waals surface area contributed by atoms with E-state index in [9.17, 15) is 14.9 Å². The van der Waals surface area contributed by atoms with Crippen LogP contribution in [0.15, 0.2) is 18.2 Å². The fourth-order valence-corrected chi connectivity index (χ4v) is 2.66. The predicted octanol–water partition coefficient (Wildman–Crippen LogP) is 1.70. The zero-order chi connectivity index (χ0) is 16.3. The third kappa shape index (κ3) is 3.54. The molecule has 1 aliphatic rings. The van der Waals surface area contributed by atoms with Gasteiger partial charge < -0.3 is 9.80 Å². The lowest BCUT2D eigenvalue weighted by Gasteiger charge is -2.36. The molecule has 1 heterocycles. The predicted molar refractivity (Wildman–Crippen MR) is 83.8 cm³/mol. The Balaban J connectivity index is 1.98. The van der Waals surface area contributed by atoms with Crippen molar-refractivity contribution in [2.75, 3.05) is 40.3 Å². The van der Waals surface area contributed by atoms with Gasteiger partial charge in [0.15, 0.2) is 0 Å². The van der Waals surface area contributed by atoms with Crippen LogP contribution in [0.25, 0.3) is 0 Å². The fourth-order valence-electron chi connectivity index (χ4n) is 2.66. The molecule has 7 heteroatoms. The molecule has 120 valence electrons. The maximum absolute atomic E-state index is 11.9. The highest BCUT2D eigenvalue weighted by molar-refractivity contribution is 5.73. The molecule has 0 aliphatic carbocycles. The first kappa shape index (κ1) is 16.2. The van der Waals surface area contributed by atoms with Crippen molar-refractivity contribution in [3.8, 4) is 0 Å². The van der Waals surface area contributed by atoms with E-state index in [0.717, 1.165) is 24.2 Å². The third-order valence-electron chi connectivity index (χ3n) is 4.03. The molecule has 1 fully saturated rings. The fraction of sp³-hybridized carbons (Fsp3) is 0.533. The lowest BCUT2D eigenvalue weighted by atomic mass is 10.1. The molecule has 0 atom stereocenters. The summed E-state index contributed by atoms with van der Waals surface area (Å²) < 4.78 is 0. The second-order valence-corrected chi connectivity index (χ2v) is 5.76. The van der Waals surface area contributed by atoms with Crippen LogP contribution in [0, 0.1) is 17.0 Å². The van der Waals surface area contributed by atoms with Gasteiger partial charge in [-0.1, -0.05) is 12.1 Å². The molecule has 22 heavy (non-hydrogen) atoms. The normalized spacial score (nSPS) is 15.7. The van der Waals surface area contributed by atoms with Gasteiger partial charge in [-0.15, -0.1) is 0 Å². The smallest absolute Gasteiger partial charge is 0.319 e. The van der Waals surface area contributed by atoms with E-state index in [-0.39, 0.29) is 16.6 Å².